The molecule has 0 fully saturated rings. The van der Waals surface area contributed by atoms with Crippen molar-refractivity contribution in [3.8, 4) is 5.75 Å². The summed E-state index contributed by atoms with van der Waals surface area (Å²) in [5, 5.41) is 8.00. The molecule has 0 saturated carbocycles. The summed E-state index contributed by atoms with van der Waals surface area (Å²) in [6, 6.07) is 8.03. The van der Waals surface area contributed by atoms with Gasteiger partial charge in [-0.25, -0.2) is 4.68 Å². The predicted octanol–water partition coefficient (Wildman–Crippen LogP) is 2.29. The van der Waals surface area contributed by atoms with E-state index in [0.29, 0.717) is 23.5 Å². The minimum absolute atomic E-state index is 0.0194. The molecule has 3 heterocycles. The number of hydrogen-bond acceptors (Lipinski definition) is 5. The number of ether oxygens (including phenoxy) is 1. The molecule has 25 heavy (non-hydrogen) atoms. The smallest absolute Gasteiger partial charge is 0.263 e. The monoisotopic (exact) mass is 339 g/mol. The molecule has 130 valence electrons. The lowest BCUT2D eigenvalue weighted by Crippen LogP contribution is -2.27. The molecule has 1 aliphatic heterocycles. The molecule has 2 aromatic heterocycles. The van der Waals surface area contributed by atoms with Crippen molar-refractivity contribution in [2.24, 2.45) is 0 Å². The molecule has 3 aromatic rings. The highest BCUT2D eigenvalue weighted by molar-refractivity contribution is 5.74. The third-order valence-electron chi connectivity index (χ3n) is 4.28. The van der Waals surface area contributed by atoms with Gasteiger partial charge in [-0.15, -0.1) is 0 Å². The molecule has 0 unspecified atom stereocenters. The van der Waals surface area contributed by atoms with E-state index in [-0.39, 0.29) is 17.2 Å². The number of para-hydroxylation sites is 1. The Morgan fingerprint density at radius 3 is 2.92 bits per heavy atom. The Morgan fingerprint density at radius 2 is 2.16 bits per heavy atom. The second kappa shape index (κ2) is 5.61. The Hall–Kier alpha value is -2.83. The van der Waals surface area contributed by atoms with E-state index in [1.165, 1.54) is 5.56 Å². The molecule has 1 atom stereocenters. The zero-order valence-corrected chi connectivity index (χ0v) is 14.5. The van der Waals surface area contributed by atoms with Crippen LogP contribution in [-0.4, -0.2) is 32.4 Å². The van der Waals surface area contributed by atoms with Crippen molar-refractivity contribution in [2.45, 2.75) is 38.8 Å². The maximum Gasteiger partial charge on any atom is 0.263 e. The summed E-state index contributed by atoms with van der Waals surface area (Å²) in [6.45, 7) is 6.64. The molecule has 0 spiro atoms. The number of hydrogen-bond donors (Lipinski definition) is 2. The number of nitrogens with zero attached hydrogens (tertiary/aromatic N) is 3. The minimum Gasteiger partial charge on any atom is -0.488 e. The lowest BCUT2D eigenvalue weighted by atomic mass is 10.1. The van der Waals surface area contributed by atoms with Crippen LogP contribution in [0.3, 0.4) is 0 Å². The van der Waals surface area contributed by atoms with Crippen LogP contribution >= 0.6 is 0 Å². The topological polar surface area (TPSA) is 84.8 Å². The van der Waals surface area contributed by atoms with Crippen molar-refractivity contribution >= 4 is 17.0 Å². The van der Waals surface area contributed by atoms with Crippen LogP contribution in [0.2, 0.25) is 0 Å². The zero-order chi connectivity index (χ0) is 17.6. The fourth-order valence-electron chi connectivity index (χ4n) is 3.07. The van der Waals surface area contributed by atoms with E-state index in [4.69, 9.17) is 4.74 Å². The number of anilines is 1. The summed E-state index contributed by atoms with van der Waals surface area (Å²) in [4.78, 5) is 19.6. The van der Waals surface area contributed by atoms with Crippen LogP contribution in [0.5, 0.6) is 5.75 Å². The number of nitrogens with one attached hydrogen (secondary N) is 2. The molecule has 1 aromatic carbocycles. The van der Waals surface area contributed by atoms with Crippen LogP contribution in [0.4, 0.5) is 5.95 Å². The number of benzene rings is 1. The third kappa shape index (κ3) is 2.86. The second-order valence-corrected chi connectivity index (χ2v) is 7.31. The molecular weight excluding hydrogens is 318 g/mol. The molecule has 0 amide bonds. The first-order valence-electron chi connectivity index (χ1n) is 8.39. The van der Waals surface area contributed by atoms with E-state index in [2.05, 4.69) is 26.4 Å². The second-order valence-electron chi connectivity index (χ2n) is 7.31. The number of rotatable bonds is 3. The van der Waals surface area contributed by atoms with Crippen molar-refractivity contribution in [1.29, 1.82) is 0 Å². The summed E-state index contributed by atoms with van der Waals surface area (Å²) in [5.74, 6) is 1.36. The van der Waals surface area contributed by atoms with Gasteiger partial charge in [0.15, 0.2) is 5.65 Å². The van der Waals surface area contributed by atoms with Crippen molar-refractivity contribution in [2.75, 3.05) is 11.9 Å². The summed E-state index contributed by atoms with van der Waals surface area (Å²) in [5.41, 5.74) is 1.33. The fourth-order valence-corrected chi connectivity index (χ4v) is 3.07. The SMILES string of the molecule is CC(C)(C)n1ncc2c(=O)[nH]c(NC[C@@H]3Cc4ccccc4O3)nc21. The van der Waals surface area contributed by atoms with Gasteiger partial charge in [0.1, 0.15) is 17.2 Å². The molecule has 0 saturated heterocycles. The Kier molecular flexibility index (Phi) is 3.52. The maximum atomic E-state index is 12.3. The van der Waals surface area contributed by atoms with E-state index in [9.17, 15) is 4.79 Å². The number of fused-ring (bicyclic) bond motifs is 2. The highest BCUT2D eigenvalue weighted by atomic mass is 16.5. The largest absolute Gasteiger partial charge is 0.488 e. The normalized spacial score (nSPS) is 16.7. The molecule has 0 bridgehead atoms. The third-order valence-corrected chi connectivity index (χ3v) is 4.28. The first-order valence-corrected chi connectivity index (χ1v) is 8.39. The van der Waals surface area contributed by atoms with Gasteiger partial charge in [0, 0.05) is 6.42 Å². The molecule has 1 aliphatic rings. The first-order chi connectivity index (χ1) is 11.9. The maximum absolute atomic E-state index is 12.3. The van der Waals surface area contributed by atoms with Gasteiger partial charge in [0.25, 0.3) is 5.56 Å². The van der Waals surface area contributed by atoms with Crippen molar-refractivity contribution in [3.63, 3.8) is 0 Å². The average Bonchev–Trinajstić information content (AvgIpc) is 3.16. The average molecular weight is 339 g/mol. The van der Waals surface area contributed by atoms with Crippen LogP contribution in [-0.2, 0) is 12.0 Å². The van der Waals surface area contributed by atoms with Crippen molar-refractivity contribution in [3.05, 3.63) is 46.4 Å². The summed E-state index contributed by atoms with van der Waals surface area (Å²) < 4.78 is 7.68. The van der Waals surface area contributed by atoms with Gasteiger partial charge in [-0.2, -0.15) is 10.1 Å². The number of aromatic nitrogens is 4. The highest BCUT2D eigenvalue weighted by Crippen LogP contribution is 2.28. The van der Waals surface area contributed by atoms with Gasteiger partial charge in [-0.1, -0.05) is 18.2 Å². The molecule has 7 nitrogen and oxygen atoms in total. The van der Waals surface area contributed by atoms with Gasteiger partial charge in [-0.05, 0) is 32.4 Å². The lowest BCUT2D eigenvalue weighted by Gasteiger charge is -2.20. The summed E-state index contributed by atoms with van der Waals surface area (Å²) in [7, 11) is 0. The molecule has 4 rings (SSSR count). The van der Waals surface area contributed by atoms with E-state index < -0.39 is 0 Å². The highest BCUT2D eigenvalue weighted by Gasteiger charge is 2.23. The van der Waals surface area contributed by atoms with Crippen LogP contribution in [0, 0.1) is 0 Å². The molecule has 2 N–H and O–H groups in total. The number of H-pyrrole nitrogens is 1. The summed E-state index contributed by atoms with van der Waals surface area (Å²) >= 11 is 0. The standard InChI is InChI=1S/C18H21N5O2/c1-18(2,3)23-15-13(10-20-23)16(24)22-17(21-15)19-9-12-8-11-6-4-5-7-14(11)25-12/h4-7,10,12H,8-9H2,1-3H3,(H2,19,21,22,24)/t12-/m0/s1. The van der Waals surface area contributed by atoms with Gasteiger partial charge in [-0.3, -0.25) is 9.78 Å². The Balaban J connectivity index is 1.55. The van der Waals surface area contributed by atoms with Crippen molar-refractivity contribution < 1.29 is 4.74 Å². The molecular formula is C18H21N5O2. The summed E-state index contributed by atoms with van der Waals surface area (Å²) in [6.07, 6.45) is 2.42. The molecule has 0 aliphatic carbocycles. The predicted molar refractivity (Wildman–Crippen MR) is 96.2 cm³/mol. The fraction of sp³-hybridized carbons (Fsp3) is 0.389. The van der Waals surface area contributed by atoms with Crippen LogP contribution < -0.4 is 15.6 Å². The van der Waals surface area contributed by atoms with Crippen LogP contribution in [0.15, 0.2) is 35.3 Å². The number of aromatic amines is 1. The first kappa shape index (κ1) is 15.7. The van der Waals surface area contributed by atoms with Crippen LogP contribution in [0.1, 0.15) is 26.3 Å². The molecule has 7 heteroatoms. The van der Waals surface area contributed by atoms with Crippen LogP contribution in [0.25, 0.3) is 11.0 Å². The molecule has 0 radical (unpaired) electrons. The van der Waals surface area contributed by atoms with Gasteiger partial charge in [0.05, 0.1) is 18.3 Å². The Bertz CT molecular complexity index is 958. The van der Waals surface area contributed by atoms with Gasteiger partial charge >= 0.3 is 0 Å². The van der Waals surface area contributed by atoms with Crippen molar-refractivity contribution in [1.82, 2.24) is 19.7 Å². The van der Waals surface area contributed by atoms with E-state index in [0.717, 1.165) is 12.2 Å². The van der Waals surface area contributed by atoms with E-state index >= 15 is 0 Å². The van der Waals surface area contributed by atoms with E-state index in [1.54, 1.807) is 10.9 Å². The van der Waals surface area contributed by atoms with Gasteiger partial charge in [0.2, 0.25) is 5.95 Å². The Morgan fingerprint density at radius 1 is 1.36 bits per heavy atom. The minimum atomic E-state index is -0.254. The Labute approximate surface area is 145 Å². The zero-order valence-electron chi connectivity index (χ0n) is 14.5. The lowest BCUT2D eigenvalue weighted by molar-refractivity contribution is 0.246. The quantitative estimate of drug-likeness (QED) is 0.765. The van der Waals surface area contributed by atoms with E-state index in [1.807, 2.05) is 39.0 Å². The van der Waals surface area contributed by atoms with Gasteiger partial charge < -0.3 is 10.1 Å².